The summed E-state index contributed by atoms with van der Waals surface area (Å²) in [6.45, 7) is 1.67. The second-order valence-electron chi connectivity index (χ2n) is 4.64. The molecule has 0 aliphatic heterocycles. The predicted molar refractivity (Wildman–Crippen MR) is 82.9 cm³/mol. The van der Waals surface area contributed by atoms with Crippen molar-refractivity contribution in [3.8, 4) is 0 Å². The first-order chi connectivity index (χ1) is 10.1. The highest BCUT2D eigenvalue weighted by molar-refractivity contribution is 5.96. The Balaban J connectivity index is 2.71. The molecule has 0 atom stereocenters. The first kappa shape index (κ1) is 16.9. The average Bonchev–Trinajstić information content (AvgIpc) is 2.41. The van der Waals surface area contributed by atoms with Crippen LogP contribution in [0.15, 0.2) is 48.1 Å². The third kappa shape index (κ3) is 6.72. The zero-order valence-electron chi connectivity index (χ0n) is 12.3. The van der Waals surface area contributed by atoms with E-state index in [1.807, 2.05) is 37.4 Å². The van der Waals surface area contributed by atoms with Gasteiger partial charge in [-0.1, -0.05) is 30.4 Å². The molecule has 0 saturated carbocycles. The molecule has 1 rings (SSSR count). The summed E-state index contributed by atoms with van der Waals surface area (Å²) in [4.78, 5) is 24.8. The number of allylic oxidation sites excluding steroid dienone is 6. The largest absolute Gasteiger partial charge is 0.481 e. The first-order valence-corrected chi connectivity index (χ1v) is 7.02. The van der Waals surface area contributed by atoms with Gasteiger partial charge in [0.1, 0.15) is 0 Å². The topological polar surface area (TPSA) is 69.6 Å². The number of carboxylic acids is 1. The summed E-state index contributed by atoms with van der Waals surface area (Å²) >= 11 is 0. The van der Waals surface area contributed by atoms with Gasteiger partial charge < -0.3 is 15.3 Å². The minimum atomic E-state index is -0.839. The predicted octanol–water partition coefficient (Wildman–Crippen LogP) is 1.51. The molecule has 5 heteroatoms. The van der Waals surface area contributed by atoms with Gasteiger partial charge in [-0.05, 0) is 25.6 Å². The Hall–Kier alpha value is -2.14. The summed E-state index contributed by atoms with van der Waals surface area (Å²) in [5, 5.41) is 11.7. The summed E-state index contributed by atoms with van der Waals surface area (Å²) in [5.74, 6) is -0.916. The summed E-state index contributed by atoms with van der Waals surface area (Å²) in [6.07, 6.45) is 13.3. The molecular formula is C16H22N2O3. The zero-order chi connectivity index (χ0) is 15.5. The Bertz CT molecular complexity index is 476. The zero-order valence-corrected chi connectivity index (χ0v) is 12.3. The highest BCUT2D eigenvalue weighted by atomic mass is 16.4. The van der Waals surface area contributed by atoms with Gasteiger partial charge in [0.25, 0.3) is 5.91 Å². The maximum Gasteiger partial charge on any atom is 0.303 e. The molecule has 0 saturated heterocycles. The van der Waals surface area contributed by atoms with Gasteiger partial charge >= 0.3 is 5.97 Å². The molecule has 0 aromatic rings. The highest BCUT2D eigenvalue weighted by Crippen LogP contribution is 2.08. The summed E-state index contributed by atoms with van der Waals surface area (Å²) in [6, 6.07) is 0. The van der Waals surface area contributed by atoms with Gasteiger partial charge in [-0.15, -0.1) is 0 Å². The van der Waals surface area contributed by atoms with Crippen LogP contribution in [0.5, 0.6) is 0 Å². The van der Waals surface area contributed by atoms with Crippen LogP contribution in [-0.4, -0.2) is 48.6 Å². The van der Waals surface area contributed by atoms with E-state index in [1.54, 1.807) is 17.1 Å². The minimum absolute atomic E-state index is 0.0703. The lowest BCUT2D eigenvalue weighted by Gasteiger charge is -2.23. The van der Waals surface area contributed by atoms with Crippen molar-refractivity contribution in [1.82, 2.24) is 10.2 Å². The molecule has 21 heavy (non-hydrogen) atoms. The van der Waals surface area contributed by atoms with Gasteiger partial charge in [-0.25, -0.2) is 0 Å². The van der Waals surface area contributed by atoms with Crippen LogP contribution in [0, 0.1) is 0 Å². The van der Waals surface area contributed by atoms with Crippen LogP contribution in [0.4, 0.5) is 0 Å². The van der Waals surface area contributed by atoms with E-state index < -0.39 is 5.97 Å². The van der Waals surface area contributed by atoms with E-state index in [2.05, 4.69) is 5.32 Å². The number of aliphatic carboxylic acids is 1. The SMILES string of the molecule is CNCCN(CCCC(=O)O)C(=O)C1=C/C=C\C=C/C=C\1. The Labute approximate surface area is 125 Å². The smallest absolute Gasteiger partial charge is 0.303 e. The van der Waals surface area contributed by atoms with E-state index in [1.165, 1.54) is 0 Å². The average molecular weight is 290 g/mol. The molecule has 0 unspecified atom stereocenters. The van der Waals surface area contributed by atoms with E-state index in [0.29, 0.717) is 31.6 Å². The van der Waals surface area contributed by atoms with Crippen molar-refractivity contribution < 1.29 is 14.7 Å². The molecule has 0 radical (unpaired) electrons. The van der Waals surface area contributed by atoms with E-state index in [0.717, 1.165) is 0 Å². The van der Waals surface area contributed by atoms with Crippen molar-refractivity contribution in [2.24, 2.45) is 0 Å². The number of nitrogens with one attached hydrogen (secondary N) is 1. The fourth-order valence-corrected chi connectivity index (χ4v) is 1.87. The van der Waals surface area contributed by atoms with E-state index in [9.17, 15) is 9.59 Å². The van der Waals surface area contributed by atoms with Crippen LogP contribution in [0.3, 0.4) is 0 Å². The van der Waals surface area contributed by atoms with E-state index in [4.69, 9.17) is 5.11 Å². The lowest BCUT2D eigenvalue weighted by Crippen LogP contribution is -2.37. The Morgan fingerprint density at radius 1 is 1.14 bits per heavy atom. The number of carbonyl (C=O) groups is 2. The Morgan fingerprint density at radius 2 is 1.86 bits per heavy atom. The number of hydrogen-bond acceptors (Lipinski definition) is 3. The van der Waals surface area contributed by atoms with Crippen molar-refractivity contribution >= 4 is 11.9 Å². The normalized spacial score (nSPS) is 20.5. The van der Waals surface area contributed by atoms with Crippen molar-refractivity contribution in [3.63, 3.8) is 0 Å². The molecule has 1 aliphatic rings. The molecule has 1 aliphatic carbocycles. The van der Waals surface area contributed by atoms with Crippen molar-refractivity contribution in [2.75, 3.05) is 26.7 Å². The Kier molecular flexibility index (Phi) is 7.82. The lowest BCUT2D eigenvalue weighted by atomic mass is 10.1. The molecule has 5 nitrogen and oxygen atoms in total. The van der Waals surface area contributed by atoms with Crippen molar-refractivity contribution in [3.05, 3.63) is 48.1 Å². The van der Waals surface area contributed by atoms with Crippen LogP contribution < -0.4 is 5.32 Å². The number of rotatable bonds is 8. The maximum atomic E-state index is 12.5. The van der Waals surface area contributed by atoms with Gasteiger partial charge in [0.05, 0.1) is 0 Å². The lowest BCUT2D eigenvalue weighted by molar-refractivity contribution is -0.137. The number of nitrogens with zero attached hydrogens (tertiary/aromatic N) is 1. The number of carbonyl (C=O) groups excluding carboxylic acids is 1. The highest BCUT2D eigenvalue weighted by Gasteiger charge is 2.16. The fraction of sp³-hybridized carbons (Fsp3) is 0.375. The standard InChI is InChI=1S/C16H22N2O3/c1-17-11-13-18(12-7-10-15(19)20)16(21)14-8-5-3-2-4-6-9-14/h2-6,8-9,17H,7,10-13H2,1H3,(H,19,20)/b3-2-,4-2?,5-3?,6-4-,8-5-,9-6?,14-8?,14-9+. The summed E-state index contributed by atoms with van der Waals surface area (Å²) in [5.41, 5.74) is 0.599. The van der Waals surface area contributed by atoms with Crippen LogP contribution >= 0.6 is 0 Å². The quantitative estimate of drug-likeness (QED) is 0.711. The van der Waals surface area contributed by atoms with Crippen LogP contribution in [-0.2, 0) is 9.59 Å². The van der Waals surface area contributed by atoms with Crippen molar-refractivity contribution in [2.45, 2.75) is 12.8 Å². The van der Waals surface area contributed by atoms with E-state index in [-0.39, 0.29) is 12.3 Å². The van der Waals surface area contributed by atoms with Crippen LogP contribution in [0.1, 0.15) is 12.8 Å². The summed E-state index contributed by atoms with van der Waals surface area (Å²) < 4.78 is 0. The minimum Gasteiger partial charge on any atom is -0.481 e. The molecular weight excluding hydrogens is 268 g/mol. The third-order valence-electron chi connectivity index (χ3n) is 2.98. The summed E-state index contributed by atoms with van der Waals surface area (Å²) in [7, 11) is 1.82. The van der Waals surface area contributed by atoms with Gasteiger partial charge in [0, 0.05) is 31.6 Å². The Morgan fingerprint density at radius 3 is 2.57 bits per heavy atom. The van der Waals surface area contributed by atoms with Crippen LogP contribution in [0.2, 0.25) is 0 Å². The number of likely N-dealkylation sites (N-methyl/N-ethyl adjacent to an activating group) is 1. The molecule has 0 heterocycles. The van der Waals surface area contributed by atoms with Gasteiger partial charge in [0.2, 0.25) is 0 Å². The second kappa shape index (κ2) is 9.72. The molecule has 0 bridgehead atoms. The molecule has 2 N–H and O–H groups in total. The molecule has 0 aromatic heterocycles. The molecule has 114 valence electrons. The molecule has 0 spiro atoms. The van der Waals surface area contributed by atoms with Gasteiger partial charge in [0.15, 0.2) is 0 Å². The first-order valence-electron chi connectivity index (χ1n) is 7.02. The maximum absolute atomic E-state index is 12.5. The number of amides is 1. The van der Waals surface area contributed by atoms with Crippen LogP contribution in [0.25, 0.3) is 0 Å². The second-order valence-corrected chi connectivity index (χ2v) is 4.64. The molecule has 1 amide bonds. The number of hydrogen-bond donors (Lipinski definition) is 2. The monoisotopic (exact) mass is 290 g/mol. The molecule has 0 fully saturated rings. The molecule has 0 aromatic carbocycles. The fourth-order valence-electron chi connectivity index (χ4n) is 1.87. The van der Waals surface area contributed by atoms with Crippen molar-refractivity contribution in [1.29, 1.82) is 0 Å². The van der Waals surface area contributed by atoms with E-state index >= 15 is 0 Å². The third-order valence-corrected chi connectivity index (χ3v) is 2.98. The number of carboxylic acid groups (broad SMARTS) is 1. The van der Waals surface area contributed by atoms with Gasteiger partial charge in [-0.2, -0.15) is 0 Å². The van der Waals surface area contributed by atoms with Gasteiger partial charge in [-0.3, -0.25) is 9.59 Å².